The standard InChI is InChI=1S/C24H31N3O3S/c1-31-17-12-22(25-23(28)19-30-21-10-6-3-7-11-21)24(29)27-15-13-26(14-16-27)18-20-8-4-2-5-9-20/h2-11,22H,12-19H2,1H3,(H,25,28)/t22-/m0/s1. The number of piperazine rings is 1. The van der Waals surface area contributed by atoms with Gasteiger partial charge in [-0.15, -0.1) is 0 Å². The molecule has 2 aromatic rings. The molecule has 1 heterocycles. The Bertz CT molecular complexity index is 811. The van der Waals surface area contributed by atoms with E-state index in [9.17, 15) is 9.59 Å². The zero-order valence-corrected chi connectivity index (χ0v) is 18.9. The van der Waals surface area contributed by atoms with Crippen molar-refractivity contribution in [1.82, 2.24) is 15.1 Å². The Kier molecular flexibility index (Phi) is 9.24. The lowest BCUT2D eigenvalue weighted by Crippen LogP contribution is -2.55. The molecule has 1 aliphatic rings. The van der Waals surface area contributed by atoms with Crippen LogP contribution in [0.25, 0.3) is 0 Å². The van der Waals surface area contributed by atoms with Gasteiger partial charge < -0.3 is 15.0 Å². The summed E-state index contributed by atoms with van der Waals surface area (Å²) >= 11 is 1.67. The van der Waals surface area contributed by atoms with Crippen LogP contribution in [0, 0.1) is 0 Å². The van der Waals surface area contributed by atoms with Gasteiger partial charge in [0.2, 0.25) is 5.91 Å². The Hall–Kier alpha value is -2.51. The molecule has 2 aromatic carbocycles. The molecule has 0 unspecified atom stereocenters. The molecule has 1 atom stereocenters. The van der Waals surface area contributed by atoms with E-state index >= 15 is 0 Å². The average molecular weight is 442 g/mol. The van der Waals surface area contributed by atoms with Crippen LogP contribution >= 0.6 is 11.8 Å². The first kappa shape index (κ1) is 23.2. The van der Waals surface area contributed by atoms with Crippen molar-refractivity contribution in [2.45, 2.75) is 19.0 Å². The number of nitrogens with one attached hydrogen (secondary N) is 1. The van der Waals surface area contributed by atoms with Crippen LogP contribution in [0.15, 0.2) is 60.7 Å². The number of benzene rings is 2. The van der Waals surface area contributed by atoms with E-state index in [1.165, 1.54) is 5.56 Å². The predicted octanol–water partition coefficient (Wildman–Crippen LogP) is 2.65. The summed E-state index contributed by atoms with van der Waals surface area (Å²) in [6.07, 6.45) is 2.62. The van der Waals surface area contributed by atoms with Crippen molar-refractivity contribution >= 4 is 23.6 Å². The predicted molar refractivity (Wildman–Crippen MR) is 125 cm³/mol. The van der Waals surface area contributed by atoms with Crippen molar-refractivity contribution in [1.29, 1.82) is 0 Å². The summed E-state index contributed by atoms with van der Waals surface area (Å²) in [4.78, 5) is 29.8. The molecule has 0 aromatic heterocycles. The molecular formula is C24H31N3O3S. The van der Waals surface area contributed by atoms with E-state index in [1.807, 2.05) is 35.4 Å². The summed E-state index contributed by atoms with van der Waals surface area (Å²) in [7, 11) is 0. The van der Waals surface area contributed by atoms with Gasteiger partial charge in [-0.05, 0) is 36.1 Å². The summed E-state index contributed by atoms with van der Waals surface area (Å²) in [6.45, 7) is 3.82. The second-order valence-corrected chi connectivity index (χ2v) is 8.58. The second-order valence-electron chi connectivity index (χ2n) is 7.59. The second kappa shape index (κ2) is 12.4. The summed E-state index contributed by atoms with van der Waals surface area (Å²) in [5, 5.41) is 2.89. The first-order valence-corrected chi connectivity index (χ1v) is 12.1. The van der Waals surface area contributed by atoms with E-state index in [-0.39, 0.29) is 18.4 Å². The Morgan fingerprint density at radius 2 is 1.65 bits per heavy atom. The fourth-order valence-electron chi connectivity index (χ4n) is 3.58. The lowest BCUT2D eigenvalue weighted by Gasteiger charge is -2.36. The Morgan fingerprint density at radius 1 is 1.00 bits per heavy atom. The van der Waals surface area contributed by atoms with Crippen LogP contribution in [0.2, 0.25) is 0 Å². The Labute approximate surface area is 188 Å². The molecule has 0 radical (unpaired) electrons. The minimum Gasteiger partial charge on any atom is -0.484 e. The van der Waals surface area contributed by atoms with E-state index in [4.69, 9.17) is 4.74 Å². The molecule has 7 heteroatoms. The molecule has 1 fully saturated rings. The zero-order chi connectivity index (χ0) is 21.9. The van der Waals surface area contributed by atoms with Crippen LogP contribution in [0.1, 0.15) is 12.0 Å². The fraction of sp³-hybridized carbons (Fsp3) is 0.417. The highest BCUT2D eigenvalue weighted by Crippen LogP contribution is 2.12. The van der Waals surface area contributed by atoms with Crippen molar-refractivity contribution in [2.75, 3.05) is 44.8 Å². The summed E-state index contributed by atoms with van der Waals surface area (Å²) in [5.74, 6) is 1.18. The summed E-state index contributed by atoms with van der Waals surface area (Å²) in [5.41, 5.74) is 1.28. The van der Waals surface area contributed by atoms with Crippen LogP contribution in [0.5, 0.6) is 5.75 Å². The first-order chi connectivity index (χ1) is 15.2. The van der Waals surface area contributed by atoms with Crippen LogP contribution < -0.4 is 10.1 Å². The number of carbonyl (C=O) groups is 2. The van der Waals surface area contributed by atoms with Gasteiger partial charge in [-0.3, -0.25) is 14.5 Å². The Balaban J connectivity index is 1.49. The number of ether oxygens (including phenoxy) is 1. The topological polar surface area (TPSA) is 61.9 Å². The highest BCUT2D eigenvalue weighted by atomic mass is 32.2. The number of hydrogen-bond acceptors (Lipinski definition) is 5. The fourth-order valence-corrected chi connectivity index (χ4v) is 4.05. The number of para-hydroxylation sites is 1. The van der Waals surface area contributed by atoms with E-state index in [0.29, 0.717) is 25.3 Å². The lowest BCUT2D eigenvalue weighted by molar-refractivity contribution is -0.138. The van der Waals surface area contributed by atoms with E-state index in [1.54, 1.807) is 23.9 Å². The van der Waals surface area contributed by atoms with Gasteiger partial charge in [0.1, 0.15) is 11.8 Å². The molecule has 1 saturated heterocycles. The third-order valence-corrected chi connectivity index (χ3v) is 5.93. The quantitative estimate of drug-likeness (QED) is 0.614. The van der Waals surface area contributed by atoms with Crippen molar-refractivity contribution in [3.8, 4) is 5.75 Å². The number of hydrogen-bond donors (Lipinski definition) is 1. The molecule has 0 aliphatic carbocycles. The lowest BCUT2D eigenvalue weighted by atomic mass is 10.1. The van der Waals surface area contributed by atoms with Gasteiger partial charge in [-0.2, -0.15) is 11.8 Å². The van der Waals surface area contributed by atoms with Gasteiger partial charge >= 0.3 is 0 Å². The van der Waals surface area contributed by atoms with Gasteiger partial charge in [0.15, 0.2) is 6.61 Å². The summed E-state index contributed by atoms with van der Waals surface area (Å²) in [6, 6.07) is 19.1. The Morgan fingerprint density at radius 3 is 2.29 bits per heavy atom. The maximum absolute atomic E-state index is 13.1. The van der Waals surface area contributed by atoms with E-state index in [2.05, 4.69) is 34.5 Å². The monoisotopic (exact) mass is 441 g/mol. The SMILES string of the molecule is CSCC[C@H](NC(=O)COc1ccccc1)C(=O)N1CCN(Cc2ccccc2)CC1. The molecule has 1 N–H and O–H groups in total. The minimum atomic E-state index is -0.514. The van der Waals surface area contributed by atoms with E-state index in [0.717, 1.165) is 25.4 Å². The molecule has 1 aliphatic heterocycles. The largest absolute Gasteiger partial charge is 0.484 e. The molecule has 2 amide bonds. The molecular weight excluding hydrogens is 410 g/mol. The number of thioether (sulfide) groups is 1. The molecule has 0 saturated carbocycles. The van der Waals surface area contributed by atoms with E-state index < -0.39 is 6.04 Å². The third kappa shape index (κ3) is 7.60. The van der Waals surface area contributed by atoms with Gasteiger partial charge in [-0.25, -0.2) is 0 Å². The van der Waals surface area contributed by atoms with Gasteiger partial charge in [-0.1, -0.05) is 48.5 Å². The van der Waals surface area contributed by atoms with Crippen LogP contribution in [0.4, 0.5) is 0 Å². The van der Waals surface area contributed by atoms with Crippen molar-refractivity contribution in [3.05, 3.63) is 66.2 Å². The highest BCUT2D eigenvalue weighted by molar-refractivity contribution is 7.98. The summed E-state index contributed by atoms with van der Waals surface area (Å²) < 4.78 is 5.52. The molecule has 31 heavy (non-hydrogen) atoms. The maximum atomic E-state index is 13.1. The van der Waals surface area contributed by atoms with Crippen molar-refractivity contribution in [3.63, 3.8) is 0 Å². The first-order valence-electron chi connectivity index (χ1n) is 10.7. The molecule has 6 nitrogen and oxygen atoms in total. The van der Waals surface area contributed by atoms with Crippen LogP contribution in [0.3, 0.4) is 0 Å². The van der Waals surface area contributed by atoms with Gasteiger partial charge in [0.25, 0.3) is 5.91 Å². The number of amides is 2. The van der Waals surface area contributed by atoms with Gasteiger partial charge in [0.05, 0.1) is 0 Å². The maximum Gasteiger partial charge on any atom is 0.258 e. The van der Waals surface area contributed by atoms with Crippen LogP contribution in [-0.4, -0.2) is 72.5 Å². The zero-order valence-electron chi connectivity index (χ0n) is 18.0. The molecule has 0 spiro atoms. The smallest absolute Gasteiger partial charge is 0.258 e. The average Bonchev–Trinajstić information content (AvgIpc) is 2.82. The normalized spacial score (nSPS) is 15.3. The third-order valence-electron chi connectivity index (χ3n) is 5.29. The minimum absolute atomic E-state index is 0.00136. The number of rotatable bonds is 10. The molecule has 3 rings (SSSR count). The number of carbonyl (C=O) groups excluding carboxylic acids is 2. The molecule has 0 bridgehead atoms. The van der Waals surface area contributed by atoms with Crippen molar-refractivity contribution in [2.24, 2.45) is 0 Å². The highest BCUT2D eigenvalue weighted by Gasteiger charge is 2.28. The van der Waals surface area contributed by atoms with Crippen LogP contribution in [-0.2, 0) is 16.1 Å². The van der Waals surface area contributed by atoms with Crippen molar-refractivity contribution < 1.29 is 14.3 Å². The number of nitrogens with zero attached hydrogens (tertiary/aromatic N) is 2. The molecule has 166 valence electrons. The van der Waals surface area contributed by atoms with Gasteiger partial charge in [0, 0.05) is 32.7 Å².